The topological polar surface area (TPSA) is 66.0 Å². The van der Waals surface area contributed by atoms with E-state index in [1.165, 1.54) is 0 Å². The van der Waals surface area contributed by atoms with Crippen LogP contribution in [0.1, 0.15) is 22.3 Å². The summed E-state index contributed by atoms with van der Waals surface area (Å²) >= 11 is 0. The molecule has 1 amide bonds. The molecule has 6 heteroatoms. The van der Waals surface area contributed by atoms with E-state index in [9.17, 15) is 4.79 Å². The molecule has 0 aliphatic carbocycles. The third-order valence-electron chi connectivity index (χ3n) is 3.88. The van der Waals surface area contributed by atoms with Crippen LogP contribution in [0.4, 0.5) is 0 Å². The predicted molar refractivity (Wildman–Crippen MR) is 92.8 cm³/mol. The molecule has 0 atom stereocenters. The highest BCUT2D eigenvalue weighted by atomic mass is 16.5. The second-order valence-electron chi connectivity index (χ2n) is 5.62. The highest BCUT2D eigenvalue weighted by Crippen LogP contribution is 2.30. The fraction of sp³-hybridized carbons (Fsp3) is 0.316. The molecule has 25 heavy (non-hydrogen) atoms. The standard InChI is InChI=1S/C19H21NO5/c1-22-15-9-14(10-16(11-15)23-2)19(21)20-12-13-4-5-17-18(8-13)25-7-3-6-24-17/h4-5,8-11H,3,6-7,12H2,1-2H3,(H,20,21). The van der Waals surface area contributed by atoms with E-state index in [0.717, 1.165) is 17.7 Å². The summed E-state index contributed by atoms with van der Waals surface area (Å²) in [6.07, 6.45) is 0.860. The van der Waals surface area contributed by atoms with Crippen molar-refractivity contribution in [1.29, 1.82) is 0 Å². The van der Waals surface area contributed by atoms with Crippen LogP contribution in [0.5, 0.6) is 23.0 Å². The Balaban J connectivity index is 1.69. The summed E-state index contributed by atoms with van der Waals surface area (Å²) in [5.74, 6) is 2.39. The molecule has 2 aromatic carbocycles. The van der Waals surface area contributed by atoms with Gasteiger partial charge >= 0.3 is 0 Å². The first-order valence-electron chi connectivity index (χ1n) is 8.09. The Morgan fingerprint density at radius 2 is 1.68 bits per heavy atom. The largest absolute Gasteiger partial charge is 0.497 e. The summed E-state index contributed by atoms with van der Waals surface area (Å²) in [6, 6.07) is 10.8. The Morgan fingerprint density at radius 3 is 2.36 bits per heavy atom. The van der Waals surface area contributed by atoms with E-state index in [1.54, 1.807) is 32.4 Å². The summed E-state index contributed by atoms with van der Waals surface area (Å²) in [4.78, 5) is 12.4. The van der Waals surface area contributed by atoms with Crippen molar-refractivity contribution in [2.75, 3.05) is 27.4 Å². The molecule has 0 unspecified atom stereocenters. The molecule has 0 spiro atoms. The zero-order valence-corrected chi connectivity index (χ0v) is 14.3. The lowest BCUT2D eigenvalue weighted by atomic mass is 10.1. The number of amides is 1. The molecule has 0 saturated carbocycles. The van der Waals surface area contributed by atoms with Gasteiger partial charge in [-0.25, -0.2) is 0 Å². The van der Waals surface area contributed by atoms with E-state index in [2.05, 4.69) is 5.32 Å². The van der Waals surface area contributed by atoms with Crippen molar-refractivity contribution in [3.05, 3.63) is 47.5 Å². The van der Waals surface area contributed by atoms with E-state index >= 15 is 0 Å². The molecular formula is C19H21NO5. The van der Waals surface area contributed by atoms with Crippen molar-refractivity contribution >= 4 is 5.91 Å². The lowest BCUT2D eigenvalue weighted by Gasteiger charge is -2.11. The summed E-state index contributed by atoms with van der Waals surface area (Å²) < 4.78 is 21.7. The van der Waals surface area contributed by atoms with Gasteiger partial charge in [-0.05, 0) is 29.8 Å². The minimum atomic E-state index is -0.204. The zero-order valence-electron chi connectivity index (χ0n) is 14.3. The summed E-state index contributed by atoms with van der Waals surface area (Å²) in [5, 5.41) is 2.89. The maximum absolute atomic E-state index is 12.4. The summed E-state index contributed by atoms with van der Waals surface area (Å²) in [5.41, 5.74) is 1.41. The van der Waals surface area contributed by atoms with Crippen LogP contribution in [-0.4, -0.2) is 33.3 Å². The van der Waals surface area contributed by atoms with Crippen molar-refractivity contribution in [1.82, 2.24) is 5.32 Å². The van der Waals surface area contributed by atoms with E-state index in [-0.39, 0.29) is 5.91 Å². The monoisotopic (exact) mass is 343 g/mol. The highest BCUT2D eigenvalue weighted by molar-refractivity contribution is 5.95. The van der Waals surface area contributed by atoms with Crippen LogP contribution in [0.3, 0.4) is 0 Å². The second kappa shape index (κ2) is 7.79. The number of hydrogen-bond donors (Lipinski definition) is 1. The molecule has 1 aliphatic rings. The molecule has 6 nitrogen and oxygen atoms in total. The molecular weight excluding hydrogens is 322 g/mol. The quantitative estimate of drug-likeness (QED) is 0.904. The van der Waals surface area contributed by atoms with Crippen LogP contribution in [-0.2, 0) is 6.54 Å². The molecule has 0 saturated heterocycles. The van der Waals surface area contributed by atoms with Gasteiger partial charge in [-0.3, -0.25) is 4.79 Å². The third kappa shape index (κ3) is 4.15. The number of rotatable bonds is 5. The number of hydrogen-bond acceptors (Lipinski definition) is 5. The van der Waals surface area contributed by atoms with Gasteiger partial charge in [0, 0.05) is 24.6 Å². The minimum Gasteiger partial charge on any atom is -0.497 e. The van der Waals surface area contributed by atoms with Gasteiger partial charge in [-0.15, -0.1) is 0 Å². The molecule has 0 radical (unpaired) electrons. The van der Waals surface area contributed by atoms with E-state index in [1.807, 2.05) is 18.2 Å². The van der Waals surface area contributed by atoms with Gasteiger partial charge in [0.05, 0.1) is 27.4 Å². The first-order chi connectivity index (χ1) is 12.2. The van der Waals surface area contributed by atoms with Crippen molar-refractivity contribution in [3.8, 4) is 23.0 Å². The van der Waals surface area contributed by atoms with Gasteiger partial charge in [-0.1, -0.05) is 6.07 Å². The first kappa shape index (κ1) is 17.0. The van der Waals surface area contributed by atoms with Crippen molar-refractivity contribution in [3.63, 3.8) is 0 Å². The number of carbonyl (C=O) groups excluding carboxylic acids is 1. The predicted octanol–water partition coefficient (Wildman–Crippen LogP) is 2.80. The van der Waals surface area contributed by atoms with Gasteiger partial charge < -0.3 is 24.3 Å². The number of carbonyl (C=O) groups is 1. The lowest BCUT2D eigenvalue weighted by Crippen LogP contribution is -2.22. The zero-order chi connectivity index (χ0) is 17.6. The average molecular weight is 343 g/mol. The van der Waals surface area contributed by atoms with Crippen LogP contribution in [0.25, 0.3) is 0 Å². The summed E-state index contributed by atoms with van der Waals surface area (Å²) in [6.45, 7) is 1.67. The number of fused-ring (bicyclic) bond motifs is 1. The number of benzene rings is 2. The highest BCUT2D eigenvalue weighted by Gasteiger charge is 2.13. The molecule has 1 aliphatic heterocycles. The van der Waals surface area contributed by atoms with E-state index in [0.29, 0.717) is 42.6 Å². The van der Waals surface area contributed by atoms with Crippen LogP contribution in [0, 0.1) is 0 Å². The second-order valence-corrected chi connectivity index (χ2v) is 5.62. The molecule has 0 bridgehead atoms. The molecule has 0 fully saturated rings. The SMILES string of the molecule is COc1cc(OC)cc(C(=O)NCc2ccc3c(c2)OCCCO3)c1. The molecule has 2 aromatic rings. The van der Waals surface area contributed by atoms with Gasteiger partial charge in [0.1, 0.15) is 11.5 Å². The number of methoxy groups -OCH3 is 2. The van der Waals surface area contributed by atoms with Crippen molar-refractivity contribution < 1.29 is 23.7 Å². The van der Waals surface area contributed by atoms with E-state index < -0.39 is 0 Å². The fourth-order valence-corrected chi connectivity index (χ4v) is 2.54. The maximum atomic E-state index is 12.4. The first-order valence-corrected chi connectivity index (χ1v) is 8.09. The molecule has 132 valence electrons. The summed E-state index contributed by atoms with van der Waals surface area (Å²) in [7, 11) is 3.10. The smallest absolute Gasteiger partial charge is 0.251 e. The Hall–Kier alpha value is -2.89. The number of ether oxygens (including phenoxy) is 4. The van der Waals surface area contributed by atoms with Crippen LogP contribution < -0.4 is 24.3 Å². The lowest BCUT2D eigenvalue weighted by molar-refractivity contribution is 0.0950. The van der Waals surface area contributed by atoms with Gasteiger partial charge in [0.2, 0.25) is 0 Å². The Bertz CT molecular complexity index is 737. The van der Waals surface area contributed by atoms with Crippen molar-refractivity contribution in [2.24, 2.45) is 0 Å². The van der Waals surface area contributed by atoms with Crippen LogP contribution in [0.2, 0.25) is 0 Å². The minimum absolute atomic E-state index is 0.204. The van der Waals surface area contributed by atoms with E-state index in [4.69, 9.17) is 18.9 Å². The third-order valence-corrected chi connectivity index (χ3v) is 3.88. The maximum Gasteiger partial charge on any atom is 0.251 e. The molecule has 0 aromatic heterocycles. The van der Waals surface area contributed by atoms with Gasteiger partial charge in [0.15, 0.2) is 11.5 Å². The molecule has 3 rings (SSSR count). The van der Waals surface area contributed by atoms with Gasteiger partial charge in [0.25, 0.3) is 5.91 Å². The average Bonchev–Trinajstić information content (AvgIpc) is 2.90. The van der Waals surface area contributed by atoms with Gasteiger partial charge in [-0.2, -0.15) is 0 Å². The number of nitrogens with one attached hydrogen (secondary N) is 1. The molecule has 1 heterocycles. The van der Waals surface area contributed by atoms with Crippen LogP contribution >= 0.6 is 0 Å². The Morgan fingerprint density at radius 1 is 1.00 bits per heavy atom. The van der Waals surface area contributed by atoms with Crippen LogP contribution in [0.15, 0.2) is 36.4 Å². The Kier molecular flexibility index (Phi) is 5.28. The fourth-order valence-electron chi connectivity index (χ4n) is 2.54. The normalized spacial score (nSPS) is 12.9. The Labute approximate surface area is 146 Å². The molecule has 1 N–H and O–H groups in total. The van der Waals surface area contributed by atoms with Crippen molar-refractivity contribution in [2.45, 2.75) is 13.0 Å².